The van der Waals surface area contributed by atoms with Crippen molar-refractivity contribution >= 4 is 22.4 Å². The lowest BCUT2D eigenvalue weighted by Crippen LogP contribution is -2.55. The fourth-order valence-corrected chi connectivity index (χ4v) is 4.73. The minimum Gasteiger partial charge on any atom is -0.373 e. The van der Waals surface area contributed by atoms with E-state index >= 15 is 0 Å². The number of likely N-dealkylation sites (N-methyl/N-ethyl adjacent to an activating group) is 1. The first-order valence-electron chi connectivity index (χ1n) is 10.8. The highest BCUT2D eigenvalue weighted by Crippen LogP contribution is 2.35. The molecule has 6 nitrogen and oxygen atoms in total. The Bertz CT molecular complexity index is 1260. The van der Waals surface area contributed by atoms with E-state index in [-0.39, 0.29) is 35.9 Å². The molecule has 2 aliphatic rings. The topological polar surface area (TPSA) is 65.6 Å². The number of hydrogen-bond donors (Lipinski definition) is 1. The van der Waals surface area contributed by atoms with Gasteiger partial charge in [0.05, 0.1) is 25.2 Å². The number of nitrogens with one attached hydrogen (secondary N) is 1. The monoisotopic (exact) mass is 435 g/mol. The zero-order valence-electron chi connectivity index (χ0n) is 18.4. The lowest BCUT2D eigenvalue weighted by atomic mass is 9.92. The van der Waals surface area contributed by atoms with Crippen molar-refractivity contribution < 1.29 is 13.9 Å². The fourth-order valence-electron chi connectivity index (χ4n) is 4.73. The number of nitrogens with zero attached hydrogens (tertiary/aromatic N) is 2. The number of H-pyrrole nitrogens is 1. The highest BCUT2D eigenvalue weighted by Gasteiger charge is 2.38. The molecule has 1 amide bonds. The van der Waals surface area contributed by atoms with Gasteiger partial charge < -0.3 is 19.5 Å². The van der Waals surface area contributed by atoms with Crippen molar-refractivity contribution in [1.82, 2.24) is 9.88 Å². The first-order chi connectivity index (χ1) is 15.3. The Morgan fingerprint density at radius 2 is 1.88 bits per heavy atom. The molecule has 1 fully saturated rings. The Labute approximate surface area is 185 Å². The van der Waals surface area contributed by atoms with E-state index in [9.17, 15) is 14.0 Å². The lowest BCUT2D eigenvalue weighted by Gasteiger charge is -2.43. The smallest absolute Gasteiger partial charge is 0.256 e. The summed E-state index contributed by atoms with van der Waals surface area (Å²) >= 11 is 0. The van der Waals surface area contributed by atoms with Crippen LogP contribution >= 0.6 is 0 Å². The Morgan fingerprint density at radius 1 is 1.16 bits per heavy atom. The summed E-state index contributed by atoms with van der Waals surface area (Å²) in [6, 6.07) is 10.9. The van der Waals surface area contributed by atoms with Crippen LogP contribution < -0.4 is 10.5 Å². The number of aryl methyl sites for hydroxylation is 2. The minimum absolute atomic E-state index is 0.0294. The molecule has 0 aliphatic carbocycles. The molecule has 166 valence electrons. The summed E-state index contributed by atoms with van der Waals surface area (Å²) in [4.78, 5) is 32.6. The van der Waals surface area contributed by atoms with E-state index in [1.54, 1.807) is 24.9 Å². The maximum absolute atomic E-state index is 14.4. The molecule has 0 saturated carbocycles. The Balaban J connectivity index is 1.42. The summed E-state index contributed by atoms with van der Waals surface area (Å²) in [5.41, 5.74) is 3.85. The molecule has 1 atom stereocenters. The standard InChI is InChI=1S/C25H26FN3O3/c1-14-4-6-17(7-5-14)29-10-16(11-29)25(31)28(3)22-13-32-12-21-23(22)18-9-20(26)15(2)8-19(18)24(30)27-21/h4-9,16,22H,10-13H2,1-3H3,(H,27,30). The van der Waals surface area contributed by atoms with Crippen LogP contribution in [-0.4, -0.2) is 42.5 Å². The number of anilines is 1. The SMILES string of the molecule is Cc1ccc(N2CC(C(=O)N(C)C3COCc4[nH]c(=O)c5cc(C)c(F)cc5c43)C2)cc1. The third-order valence-corrected chi connectivity index (χ3v) is 6.72. The second-order valence-electron chi connectivity index (χ2n) is 8.91. The first kappa shape index (κ1) is 20.7. The summed E-state index contributed by atoms with van der Waals surface area (Å²) in [6.45, 7) is 5.55. The zero-order valence-corrected chi connectivity index (χ0v) is 18.4. The number of ether oxygens (including phenoxy) is 1. The summed E-state index contributed by atoms with van der Waals surface area (Å²) in [6.07, 6.45) is 0. The number of aromatic nitrogens is 1. The third kappa shape index (κ3) is 3.37. The molecule has 2 aromatic carbocycles. The molecule has 2 aliphatic heterocycles. The van der Waals surface area contributed by atoms with E-state index in [4.69, 9.17) is 4.74 Å². The molecule has 7 heteroatoms. The van der Waals surface area contributed by atoms with E-state index in [2.05, 4.69) is 41.1 Å². The van der Waals surface area contributed by atoms with Gasteiger partial charge in [-0.2, -0.15) is 0 Å². The molecule has 1 aromatic heterocycles. The van der Waals surface area contributed by atoms with Gasteiger partial charge in [0.1, 0.15) is 5.82 Å². The Hall–Kier alpha value is -3.19. The van der Waals surface area contributed by atoms with Crippen LogP contribution in [0.4, 0.5) is 10.1 Å². The summed E-state index contributed by atoms with van der Waals surface area (Å²) in [7, 11) is 1.77. The predicted octanol–water partition coefficient (Wildman–Crippen LogP) is 3.45. The molecule has 5 rings (SSSR count). The lowest BCUT2D eigenvalue weighted by molar-refractivity contribution is -0.139. The number of rotatable bonds is 3. The largest absolute Gasteiger partial charge is 0.373 e. The van der Waals surface area contributed by atoms with Gasteiger partial charge >= 0.3 is 0 Å². The number of carbonyl (C=O) groups is 1. The van der Waals surface area contributed by atoms with Crippen LogP contribution in [0.1, 0.15) is 28.4 Å². The summed E-state index contributed by atoms with van der Waals surface area (Å²) in [5, 5.41) is 0.985. The number of halogens is 1. The van der Waals surface area contributed by atoms with Gasteiger partial charge in [-0.15, -0.1) is 0 Å². The second-order valence-corrected chi connectivity index (χ2v) is 8.91. The molecule has 1 unspecified atom stereocenters. The van der Waals surface area contributed by atoms with Crippen LogP contribution in [0.25, 0.3) is 10.8 Å². The normalized spacial score (nSPS) is 18.4. The maximum atomic E-state index is 14.4. The van der Waals surface area contributed by atoms with Crippen molar-refractivity contribution in [2.75, 3.05) is 31.6 Å². The molecule has 3 aromatic rings. The average molecular weight is 435 g/mol. The van der Waals surface area contributed by atoms with Crippen LogP contribution in [0.15, 0.2) is 41.2 Å². The number of carbonyl (C=O) groups excluding carboxylic acids is 1. The number of fused-ring (bicyclic) bond motifs is 3. The van der Waals surface area contributed by atoms with Gasteiger partial charge in [-0.25, -0.2) is 4.39 Å². The van der Waals surface area contributed by atoms with Gasteiger partial charge in [-0.1, -0.05) is 17.7 Å². The molecule has 1 N–H and O–H groups in total. The van der Waals surface area contributed by atoms with Crippen molar-refractivity contribution in [2.24, 2.45) is 5.92 Å². The zero-order chi connectivity index (χ0) is 22.6. The molecular weight excluding hydrogens is 409 g/mol. The average Bonchev–Trinajstić information content (AvgIpc) is 2.74. The quantitative estimate of drug-likeness (QED) is 0.685. The predicted molar refractivity (Wildman–Crippen MR) is 121 cm³/mol. The van der Waals surface area contributed by atoms with E-state index in [0.29, 0.717) is 41.7 Å². The maximum Gasteiger partial charge on any atom is 0.256 e. The van der Waals surface area contributed by atoms with Gasteiger partial charge in [-0.05, 0) is 49.1 Å². The van der Waals surface area contributed by atoms with Crippen LogP contribution in [-0.2, 0) is 16.1 Å². The van der Waals surface area contributed by atoms with Crippen molar-refractivity contribution in [2.45, 2.75) is 26.5 Å². The highest BCUT2D eigenvalue weighted by atomic mass is 19.1. The Kier molecular flexibility index (Phi) is 5.01. The summed E-state index contributed by atoms with van der Waals surface area (Å²) in [5.74, 6) is -0.446. The molecular formula is C25H26FN3O3. The number of aromatic amines is 1. The van der Waals surface area contributed by atoms with Crippen LogP contribution in [0.2, 0.25) is 0 Å². The molecule has 0 bridgehead atoms. The van der Waals surface area contributed by atoms with Gasteiger partial charge in [0.25, 0.3) is 5.56 Å². The van der Waals surface area contributed by atoms with Crippen molar-refractivity contribution in [3.8, 4) is 0 Å². The van der Waals surface area contributed by atoms with E-state index in [1.807, 2.05) is 0 Å². The number of pyridine rings is 1. The second kappa shape index (κ2) is 7.74. The van der Waals surface area contributed by atoms with Crippen molar-refractivity contribution in [3.05, 3.63) is 75.0 Å². The highest BCUT2D eigenvalue weighted by molar-refractivity contribution is 5.88. The van der Waals surface area contributed by atoms with E-state index in [0.717, 1.165) is 11.3 Å². The third-order valence-electron chi connectivity index (χ3n) is 6.72. The Morgan fingerprint density at radius 3 is 2.59 bits per heavy atom. The van der Waals surface area contributed by atoms with Gasteiger partial charge in [0.2, 0.25) is 5.91 Å². The molecule has 1 saturated heterocycles. The van der Waals surface area contributed by atoms with Gasteiger partial charge in [0, 0.05) is 42.5 Å². The number of hydrogen-bond acceptors (Lipinski definition) is 4. The number of amides is 1. The van der Waals surface area contributed by atoms with E-state index in [1.165, 1.54) is 11.6 Å². The first-order valence-corrected chi connectivity index (χ1v) is 10.8. The van der Waals surface area contributed by atoms with Crippen LogP contribution in [0.3, 0.4) is 0 Å². The van der Waals surface area contributed by atoms with Crippen LogP contribution in [0.5, 0.6) is 0 Å². The van der Waals surface area contributed by atoms with E-state index < -0.39 is 0 Å². The molecule has 0 spiro atoms. The minimum atomic E-state index is -0.388. The summed E-state index contributed by atoms with van der Waals surface area (Å²) < 4.78 is 20.1. The van der Waals surface area contributed by atoms with Crippen LogP contribution in [0, 0.1) is 25.6 Å². The van der Waals surface area contributed by atoms with Crippen molar-refractivity contribution in [3.63, 3.8) is 0 Å². The number of benzene rings is 2. The molecule has 32 heavy (non-hydrogen) atoms. The van der Waals surface area contributed by atoms with Crippen molar-refractivity contribution in [1.29, 1.82) is 0 Å². The molecule has 0 radical (unpaired) electrons. The van der Waals surface area contributed by atoms with Gasteiger partial charge in [-0.3, -0.25) is 9.59 Å². The fraction of sp³-hybridized carbons (Fsp3) is 0.360. The molecule has 3 heterocycles. The van der Waals surface area contributed by atoms with Gasteiger partial charge in [0.15, 0.2) is 0 Å².